The maximum atomic E-state index is 12.4. The summed E-state index contributed by atoms with van der Waals surface area (Å²) in [6, 6.07) is 0. The minimum Gasteiger partial charge on any atom is -0.462 e. The first-order valence-corrected chi connectivity index (χ1v) is 16.5. The van der Waals surface area contributed by atoms with Crippen molar-refractivity contribution in [2.45, 2.75) is 142 Å². The summed E-state index contributed by atoms with van der Waals surface area (Å²) in [6.45, 7) is 2.26. The molecule has 0 aromatic carbocycles. The fraction of sp³-hybridized carbons (Fsp3) is 0.929. The van der Waals surface area contributed by atoms with Gasteiger partial charge >= 0.3 is 19.8 Å². The van der Waals surface area contributed by atoms with Crippen LogP contribution in [0.3, 0.4) is 0 Å². The zero-order chi connectivity index (χ0) is 29.2. The predicted molar refractivity (Wildman–Crippen MR) is 150 cm³/mol. The second-order valence-corrected chi connectivity index (χ2v) is 11.6. The molecule has 10 nitrogen and oxygen atoms in total. The molecule has 0 heterocycles. The molecular formula is C28H55O10P. The molecule has 0 radical (unpaired) electrons. The monoisotopic (exact) mass is 582 g/mol. The van der Waals surface area contributed by atoms with Gasteiger partial charge in [0.1, 0.15) is 12.7 Å². The van der Waals surface area contributed by atoms with E-state index in [9.17, 15) is 24.2 Å². The Hall–Kier alpha value is -1.03. The first kappa shape index (κ1) is 38.0. The van der Waals surface area contributed by atoms with Gasteiger partial charge in [0.25, 0.3) is 0 Å². The molecule has 0 saturated heterocycles. The Kier molecular flexibility index (Phi) is 25.2. The molecule has 0 fully saturated rings. The quantitative estimate of drug-likeness (QED) is 0.0570. The van der Waals surface area contributed by atoms with Gasteiger partial charge in [0.2, 0.25) is 0 Å². The summed E-state index contributed by atoms with van der Waals surface area (Å²) in [6.07, 6.45) is 15.4. The van der Waals surface area contributed by atoms with Crippen molar-refractivity contribution in [1.82, 2.24) is 0 Å². The second kappa shape index (κ2) is 25.9. The summed E-state index contributed by atoms with van der Waals surface area (Å²) in [5, 5.41) is 18.1. The number of hydrogen-bond acceptors (Lipinski definition) is 9. The fourth-order valence-electron chi connectivity index (χ4n) is 3.87. The van der Waals surface area contributed by atoms with Crippen LogP contribution < -0.4 is 0 Å². The maximum absolute atomic E-state index is 12.4. The van der Waals surface area contributed by atoms with Crippen molar-refractivity contribution < 1.29 is 47.8 Å². The van der Waals surface area contributed by atoms with Crippen molar-refractivity contribution in [3.63, 3.8) is 0 Å². The molecule has 0 saturated carbocycles. The highest BCUT2D eigenvalue weighted by molar-refractivity contribution is 7.47. The Morgan fingerprint density at radius 3 is 1.59 bits per heavy atom. The van der Waals surface area contributed by atoms with E-state index in [0.29, 0.717) is 12.8 Å². The third-order valence-electron chi connectivity index (χ3n) is 6.26. The van der Waals surface area contributed by atoms with Crippen LogP contribution in [0.5, 0.6) is 0 Å². The van der Waals surface area contributed by atoms with E-state index in [1.54, 1.807) is 0 Å². The molecule has 0 spiro atoms. The van der Waals surface area contributed by atoms with Crippen LogP contribution in [0.25, 0.3) is 0 Å². The van der Waals surface area contributed by atoms with E-state index in [-0.39, 0.29) is 19.4 Å². The van der Waals surface area contributed by atoms with Gasteiger partial charge < -0.3 is 24.6 Å². The lowest BCUT2D eigenvalue weighted by Gasteiger charge is -2.20. The van der Waals surface area contributed by atoms with Crippen LogP contribution in [0.4, 0.5) is 0 Å². The van der Waals surface area contributed by atoms with E-state index >= 15 is 0 Å². The van der Waals surface area contributed by atoms with Crippen LogP contribution in [-0.2, 0) is 32.7 Å². The van der Waals surface area contributed by atoms with Crippen LogP contribution in [0.2, 0.25) is 0 Å². The highest BCUT2D eigenvalue weighted by Gasteiger charge is 2.27. The lowest BCUT2D eigenvalue weighted by Crippen LogP contribution is -2.29. The molecular weight excluding hydrogens is 527 g/mol. The van der Waals surface area contributed by atoms with Crippen LogP contribution in [0.1, 0.15) is 129 Å². The number of unbranched alkanes of at least 4 members (excludes halogenated alkanes) is 14. The van der Waals surface area contributed by atoms with Crippen molar-refractivity contribution in [2.24, 2.45) is 0 Å². The number of phosphoric acid groups is 1. The molecule has 3 N–H and O–H groups in total. The summed E-state index contributed by atoms with van der Waals surface area (Å²) in [7, 11) is -4.59. The summed E-state index contributed by atoms with van der Waals surface area (Å²) in [4.78, 5) is 34.3. The first-order chi connectivity index (χ1) is 18.7. The van der Waals surface area contributed by atoms with Crippen LogP contribution in [-0.4, -0.2) is 65.7 Å². The topological polar surface area (TPSA) is 149 Å². The predicted octanol–water partition coefficient (Wildman–Crippen LogP) is 5.99. The lowest BCUT2D eigenvalue weighted by molar-refractivity contribution is -0.161. The van der Waals surface area contributed by atoms with Crippen molar-refractivity contribution in [2.75, 3.05) is 26.4 Å². The molecule has 0 aromatic heterocycles. The zero-order valence-corrected chi connectivity index (χ0v) is 25.3. The maximum Gasteiger partial charge on any atom is 0.472 e. The molecule has 232 valence electrons. The molecule has 0 aliphatic rings. The molecule has 0 aliphatic carbocycles. The number of carbonyl (C=O) groups excluding carboxylic acids is 2. The van der Waals surface area contributed by atoms with Gasteiger partial charge in [-0.15, -0.1) is 0 Å². The smallest absolute Gasteiger partial charge is 0.462 e. The Bertz CT molecular complexity index is 646. The minimum absolute atomic E-state index is 0.189. The standard InChI is InChI=1S/C28H55O10P/c1-3-5-7-9-11-12-14-16-18-20-28(32)38-26(24-37-39(33,34)36-22-25(30)21-29)23-35-27(31)19-17-15-13-10-8-6-4-2/h25-26,29-30H,3-24H2,1-2H3,(H,33,34). The zero-order valence-electron chi connectivity index (χ0n) is 24.4. The molecule has 3 atom stereocenters. The van der Waals surface area contributed by atoms with Crippen LogP contribution in [0.15, 0.2) is 0 Å². The summed E-state index contributed by atoms with van der Waals surface area (Å²) in [5.74, 6) is -0.933. The third-order valence-corrected chi connectivity index (χ3v) is 7.21. The number of rotatable bonds is 28. The van der Waals surface area contributed by atoms with E-state index in [4.69, 9.17) is 19.1 Å². The van der Waals surface area contributed by atoms with E-state index in [1.165, 1.54) is 51.4 Å². The van der Waals surface area contributed by atoms with Gasteiger partial charge in [-0.25, -0.2) is 4.57 Å². The Labute approximate surface area is 235 Å². The number of aliphatic hydroxyl groups excluding tert-OH is 2. The molecule has 11 heteroatoms. The van der Waals surface area contributed by atoms with Crippen molar-refractivity contribution in [1.29, 1.82) is 0 Å². The van der Waals surface area contributed by atoms with Gasteiger partial charge in [-0.2, -0.15) is 0 Å². The van der Waals surface area contributed by atoms with Crippen LogP contribution >= 0.6 is 7.82 Å². The minimum atomic E-state index is -4.59. The van der Waals surface area contributed by atoms with E-state index < -0.39 is 51.8 Å². The molecule has 0 aromatic rings. The first-order valence-electron chi connectivity index (χ1n) is 15.0. The molecule has 39 heavy (non-hydrogen) atoms. The third kappa shape index (κ3) is 25.7. The van der Waals surface area contributed by atoms with Gasteiger partial charge in [0.05, 0.1) is 19.8 Å². The number of aliphatic hydroxyl groups is 2. The summed E-state index contributed by atoms with van der Waals surface area (Å²) < 4.78 is 32.2. The average molecular weight is 583 g/mol. The van der Waals surface area contributed by atoms with E-state index in [1.807, 2.05) is 0 Å². The summed E-state index contributed by atoms with van der Waals surface area (Å²) in [5.41, 5.74) is 0. The van der Waals surface area contributed by atoms with E-state index in [2.05, 4.69) is 18.4 Å². The normalized spacial score (nSPS) is 14.5. The molecule has 3 unspecified atom stereocenters. The number of carbonyl (C=O) groups is 2. The lowest BCUT2D eigenvalue weighted by atomic mass is 10.1. The molecule has 0 bridgehead atoms. The molecule has 0 rings (SSSR count). The van der Waals surface area contributed by atoms with Gasteiger partial charge in [0, 0.05) is 12.8 Å². The molecule has 0 aliphatic heterocycles. The fourth-order valence-corrected chi connectivity index (χ4v) is 4.66. The SMILES string of the molecule is CCCCCCCCCCCC(=O)OC(COC(=O)CCCCCCCCC)COP(=O)(O)OCC(O)CO. The molecule has 0 amide bonds. The van der Waals surface area contributed by atoms with Gasteiger partial charge in [-0.05, 0) is 12.8 Å². The highest BCUT2D eigenvalue weighted by Crippen LogP contribution is 2.43. The van der Waals surface area contributed by atoms with Gasteiger partial charge in [-0.3, -0.25) is 18.6 Å². The number of esters is 2. The van der Waals surface area contributed by atoms with E-state index in [0.717, 1.165) is 38.5 Å². The van der Waals surface area contributed by atoms with Crippen molar-refractivity contribution in [3.05, 3.63) is 0 Å². The van der Waals surface area contributed by atoms with Gasteiger partial charge in [-0.1, -0.05) is 104 Å². The summed E-state index contributed by atoms with van der Waals surface area (Å²) >= 11 is 0. The number of hydrogen-bond donors (Lipinski definition) is 3. The number of ether oxygens (including phenoxy) is 2. The Morgan fingerprint density at radius 1 is 0.667 bits per heavy atom. The highest BCUT2D eigenvalue weighted by atomic mass is 31.2. The van der Waals surface area contributed by atoms with Gasteiger partial charge in [0.15, 0.2) is 6.10 Å². The van der Waals surface area contributed by atoms with Crippen molar-refractivity contribution in [3.8, 4) is 0 Å². The van der Waals surface area contributed by atoms with Crippen LogP contribution in [0, 0.1) is 0 Å². The Balaban J connectivity index is 4.50. The largest absolute Gasteiger partial charge is 0.472 e. The second-order valence-electron chi connectivity index (χ2n) is 10.1. The van der Waals surface area contributed by atoms with Crippen molar-refractivity contribution >= 4 is 19.8 Å². The average Bonchev–Trinajstić information content (AvgIpc) is 2.91. The number of phosphoric ester groups is 1. The Morgan fingerprint density at radius 2 is 1.10 bits per heavy atom.